The van der Waals surface area contributed by atoms with Crippen LogP contribution >= 0.6 is 0 Å². The van der Waals surface area contributed by atoms with Gasteiger partial charge >= 0.3 is 15.1 Å². The van der Waals surface area contributed by atoms with Crippen molar-refractivity contribution in [2.24, 2.45) is 0 Å². The molecule has 3 rings (SSSR count). The maximum Gasteiger partial charge on any atom is 0.559 e. The normalized spacial score (nSPS) is 17.0. The average molecular weight is 625 g/mol. The van der Waals surface area contributed by atoms with Gasteiger partial charge in [0.05, 0.1) is 13.2 Å². The molecule has 1 heterocycles. The smallest absolute Gasteiger partial charge is 0.559 e. The van der Waals surface area contributed by atoms with Crippen molar-refractivity contribution >= 4 is 15.1 Å². The zero-order valence-corrected chi connectivity index (χ0v) is 29.0. The molecule has 0 amide bonds. The Hall–Kier alpha value is -1.23. The standard InChI is InChI=1S/C30H44O4.C8H17O.Al/c31-29(21-13-3-1-2-5-15-23-33-25-27-17-9-7-10-18-27)30(32)22-14-4-6-16-24-34-26-28-19-11-8-12-20-28;1-2-3-4-5-6-7-8-9;/h7-12,17-20,29-30H,1-6,13-16,21-26H2;2-8H2,1H3;/q-2;-1;+2/t29-,30+;;/m0../s1. The molecule has 0 unspecified atom stereocenters. The third-order valence-corrected chi connectivity index (χ3v) is 10.2. The summed E-state index contributed by atoms with van der Waals surface area (Å²) in [7, 11) is 0. The van der Waals surface area contributed by atoms with Crippen molar-refractivity contribution < 1.29 is 20.8 Å². The Labute approximate surface area is 274 Å². The van der Waals surface area contributed by atoms with Crippen LogP contribution in [0.15, 0.2) is 60.7 Å². The first-order valence-electron chi connectivity index (χ1n) is 18.0. The van der Waals surface area contributed by atoms with Crippen LogP contribution in [0, 0.1) is 0 Å². The first-order valence-corrected chi connectivity index (χ1v) is 19.4. The number of ether oxygens (including phenoxy) is 2. The van der Waals surface area contributed by atoms with E-state index < -0.39 is 15.1 Å². The van der Waals surface area contributed by atoms with Crippen molar-refractivity contribution in [1.29, 1.82) is 0 Å². The van der Waals surface area contributed by atoms with Crippen molar-refractivity contribution in [3.05, 3.63) is 71.8 Å². The van der Waals surface area contributed by atoms with Crippen LogP contribution < -0.4 is 0 Å². The number of hydrogen-bond acceptors (Lipinski definition) is 5. The van der Waals surface area contributed by atoms with E-state index in [1.165, 1.54) is 94.6 Å². The van der Waals surface area contributed by atoms with Gasteiger partial charge in [0.2, 0.25) is 0 Å². The third kappa shape index (κ3) is 18.1. The van der Waals surface area contributed by atoms with Gasteiger partial charge in [-0.05, 0) is 49.8 Å². The highest BCUT2D eigenvalue weighted by Gasteiger charge is 2.31. The molecule has 1 aliphatic heterocycles. The second kappa shape index (κ2) is 25.9. The molecular weight excluding hydrogens is 563 g/mol. The maximum atomic E-state index is 6.44. The fourth-order valence-electron chi connectivity index (χ4n) is 5.83. The molecule has 2 atom stereocenters. The average Bonchev–Trinajstić information content (AvgIpc) is 3.45. The van der Waals surface area contributed by atoms with Crippen molar-refractivity contribution in [1.82, 2.24) is 0 Å². The molecule has 0 aliphatic carbocycles. The summed E-state index contributed by atoms with van der Waals surface area (Å²) in [4.78, 5) is 0. The van der Waals surface area contributed by atoms with Crippen molar-refractivity contribution in [2.75, 3.05) is 19.8 Å². The molecule has 1 saturated heterocycles. The second-order valence-corrected chi connectivity index (χ2v) is 13.9. The molecule has 0 bridgehead atoms. The van der Waals surface area contributed by atoms with Gasteiger partial charge in [-0.3, -0.25) is 0 Å². The third-order valence-electron chi connectivity index (χ3n) is 8.52. The topological polar surface area (TPSA) is 46.2 Å². The Bertz CT molecular complexity index is 899. The van der Waals surface area contributed by atoms with Crippen LogP contribution in [0.3, 0.4) is 0 Å². The minimum Gasteiger partial charge on any atom is -0.634 e. The minimum atomic E-state index is -2.00. The van der Waals surface area contributed by atoms with E-state index in [2.05, 4.69) is 55.5 Å². The van der Waals surface area contributed by atoms with Crippen molar-refractivity contribution in [2.45, 2.75) is 148 Å². The lowest BCUT2D eigenvalue weighted by Crippen LogP contribution is -2.22. The van der Waals surface area contributed by atoms with E-state index in [0.717, 1.165) is 58.5 Å². The zero-order valence-electron chi connectivity index (χ0n) is 27.8. The molecule has 2 aromatic carbocycles. The van der Waals surface area contributed by atoms with Gasteiger partial charge in [0.1, 0.15) is 0 Å². The minimum absolute atomic E-state index is 0.215. The Morgan fingerprint density at radius 3 is 1.39 bits per heavy atom. The molecule has 0 aromatic heterocycles. The molecular formula is C38H61AlO5-. The summed E-state index contributed by atoms with van der Waals surface area (Å²) in [5.41, 5.74) is 2.50. The SMILES string of the molecule is CCCCCCCC[O][Al-]1[O][C@@H](CCCCCCCCOCc2ccccc2)[C@@H](CCCCCCOCc2ccccc2)[O]1. The first kappa shape index (κ1) is 37.2. The van der Waals surface area contributed by atoms with E-state index in [-0.39, 0.29) is 12.2 Å². The highest BCUT2D eigenvalue weighted by molar-refractivity contribution is 6.37. The monoisotopic (exact) mass is 624 g/mol. The molecule has 0 N–H and O–H groups in total. The summed E-state index contributed by atoms with van der Waals surface area (Å²) in [6.07, 6.45) is 22.5. The molecule has 5 nitrogen and oxygen atoms in total. The number of rotatable bonds is 28. The van der Waals surface area contributed by atoms with Gasteiger partial charge in [0.15, 0.2) is 0 Å². The molecule has 44 heavy (non-hydrogen) atoms. The number of benzene rings is 2. The Morgan fingerprint density at radius 1 is 0.500 bits per heavy atom. The van der Waals surface area contributed by atoms with Crippen LogP contribution in [0.4, 0.5) is 0 Å². The van der Waals surface area contributed by atoms with E-state index in [1.807, 2.05) is 12.1 Å². The molecule has 0 spiro atoms. The Morgan fingerprint density at radius 2 is 0.909 bits per heavy atom. The van der Waals surface area contributed by atoms with Gasteiger partial charge in [-0.15, -0.1) is 0 Å². The number of hydrogen-bond donors (Lipinski definition) is 0. The summed E-state index contributed by atoms with van der Waals surface area (Å²) in [5, 5.41) is 0. The van der Waals surface area contributed by atoms with E-state index in [0.29, 0.717) is 6.61 Å². The molecule has 1 aliphatic rings. The van der Waals surface area contributed by atoms with Crippen molar-refractivity contribution in [3.8, 4) is 0 Å². The Balaban J connectivity index is 1.23. The van der Waals surface area contributed by atoms with Crippen LogP contribution in [0.5, 0.6) is 0 Å². The van der Waals surface area contributed by atoms with Crippen molar-refractivity contribution in [3.63, 3.8) is 0 Å². The predicted molar refractivity (Wildman–Crippen MR) is 182 cm³/mol. The molecule has 247 valence electrons. The fourth-order valence-corrected chi connectivity index (χ4v) is 7.60. The summed E-state index contributed by atoms with van der Waals surface area (Å²) in [6, 6.07) is 20.9. The van der Waals surface area contributed by atoms with Crippen LogP contribution in [-0.2, 0) is 34.1 Å². The van der Waals surface area contributed by atoms with Gasteiger partial charge in [0.25, 0.3) is 0 Å². The van der Waals surface area contributed by atoms with Crippen LogP contribution in [0.25, 0.3) is 0 Å². The van der Waals surface area contributed by atoms with Gasteiger partial charge < -0.3 is 20.8 Å². The molecule has 1 radical (unpaired) electrons. The van der Waals surface area contributed by atoms with E-state index in [1.54, 1.807) is 0 Å². The highest BCUT2D eigenvalue weighted by atomic mass is 27.3. The van der Waals surface area contributed by atoms with Gasteiger partial charge in [-0.1, -0.05) is 151 Å². The molecule has 2 aromatic rings. The summed E-state index contributed by atoms with van der Waals surface area (Å²) in [6.45, 7) is 6.19. The second-order valence-electron chi connectivity index (χ2n) is 12.5. The lowest BCUT2D eigenvalue weighted by molar-refractivity contribution is 0.115. The predicted octanol–water partition coefficient (Wildman–Crippen LogP) is 10.2. The lowest BCUT2D eigenvalue weighted by atomic mass is 10.00. The summed E-state index contributed by atoms with van der Waals surface area (Å²) >= 11 is -2.00. The molecule has 6 heteroatoms. The van der Waals surface area contributed by atoms with Crippen LogP contribution in [0.1, 0.15) is 134 Å². The zero-order chi connectivity index (χ0) is 30.8. The largest absolute Gasteiger partial charge is 0.634 e. The first-order chi connectivity index (χ1) is 21.8. The van der Waals surface area contributed by atoms with Crippen LogP contribution in [0.2, 0.25) is 0 Å². The summed E-state index contributed by atoms with van der Waals surface area (Å²) in [5.74, 6) is 0. The van der Waals surface area contributed by atoms with Crippen LogP contribution in [-0.4, -0.2) is 47.2 Å². The highest BCUT2D eigenvalue weighted by Crippen LogP contribution is 2.27. The quantitative estimate of drug-likeness (QED) is 0.0696. The molecule has 0 saturated carbocycles. The number of unbranched alkanes of at least 4 members (excludes halogenated alkanes) is 13. The lowest BCUT2D eigenvalue weighted by Gasteiger charge is -2.24. The summed E-state index contributed by atoms with van der Waals surface area (Å²) < 4.78 is 30.7. The van der Waals surface area contributed by atoms with E-state index in [9.17, 15) is 0 Å². The van der Waals surface area contributed by atoms with E-state index in [4.69, 9.17) is 20.8 Å². The fraction of sp³-hybridized carbons (Fsp3) is 0.684. The van der Waals surface area contributed by atoms with E-state index >= 15 is 0 Å². The Kier molecular flexibility index (Phi) is 21.9. The molecule has 1 fully saturated rings. The maximum absolute atomic E-state index is 6.44. The van der Waals surface area contributed by atoms with Gasteiger partial charge in [0, 0.05) is 25.4 Å². The van der Waals surface area contributed by atoms with Gasteiger partial charge in [-0.25, -0.2) is 0 Å². The van der Waals surface area contributed by atoms with Gasteiger partial charge in [-0.2, -0.15) is 0 Å².